The van der Waals surface area contributed by atoms with Crippen LogP contribution in [-0.4, -0.2) is 32.0 Å². The van der Waals surface area contributed by atoms with Crippen molar-refractivity contribution in [3.63, 3.8) is 0 Å². The van der Waals surface area contributed by atoms with Crippen LogP contribution < -0.4 is 15.5 Å². The molecular weight excluding hydrogens is 352 g/mol. The third-order valence-electron chi connectivity index (χ3n) is 3.26. The zero-order chi connectivity index (χ0) is 18.4. The fourth-order valence-corrected chi connectivity index (χ4v) is 2.29. The molecule has 8 heteroatoms. The third kappa shape index (κ3) is 6.13. The highest BCUT2D eigenvalue weighted by molar-refractivity contribution is 6.30. The molecule has 1 unspecified atom stereocenters. The number of rotatable bonds is 6. The maximum absolute atomic E-state index is 13.6. The Morgan fingerprint density at radius 3 is 2.20 bits per heavy atom. The van der Waals surface area contributed by atoms with Crippen LogP contribution in [0.5, 0.6) is 0 Å². The molecule has 0 radical (unpaired) electrons. The van der Waals surface area contributed by atoms with Gasteiger partial charge in [0.1, 0.15) is 11.6 Å². The van der Waals surface area contributed by atoms with Crippen LogP contribution in [0.25, 0.3) is 0 Å². The number of nitrogens with one attached hydrogen (secondary N) is 3. The van der Waals surface area contributed by atoms with Crippen molar-refractivity contribution in [3.05, 3.63) is 59.1 Å². The molecule has 0 heterocycles. The van der Waals surface area contributed by atoms with Crippen molar-refractivity contribution in [1.82, 2.24) is 0 Å². The number of amides is 2. The Labute approximate surface area is 148 Å². The average Bonchev–Trinajstić information content (AvgIpc) is 2.52. The Balaban J connectivity index is 1.82. The minimum absolute atomic E-state index is 0.0217. The molecule has 0 saturated heterocycles. The Kier molecular flexibility index (Phi) is 6.44. The SMILES string of the molecule is C[NH+](CC(=O)Nc1ccc(F)cc1)CC(=O)Nc1ccc(Cl)cc1F. The van der Waals surface area contributed by atoms with Gasteiger partial charge in [0.15, 0.2) is 13.1 Å². The van der Waals surface area contributed by atoms with Gasteiger partial charge in [0.25, 0.3) is 11.8 Å². The Bertz CT molecular complexity index is 769. The van der Waals surface area contributed by atoms with Crippen LogP contribution in [-0.2, 0) is 9.59 Å². The van der Waals surface area contributed by atoms with Crippen LogP contribution in [0, 0.1) is 11.6 Å². The molecule has 5 nitrogen and oxygen atoms in total. The third-order valence-corrected chi connectivity index (χ3v) is 3.49. The highest BCUT2D eigenvalue weighted by Crippen LogP contribution is 2.18. The molecule has 132 valence electrons. The summed E-state index contributed by atoms with van der Waals surface area (Å²) < 4.78 is 26.4. The molecule has 1 atom stereocenters. The predicted octanol–water partition coefficient (Wildman–Crippen LogP) is 1.71. The zero-order valence-electron chi connectivity index (χ0n) is 13.4. The van der Waals surface area contributed by atoms with E-state index in [4.69, 9.17) is 11.6 Å². The van der Waals surface area contributed by atoms with Gasteiger partial charge in [-0.25, -0.2) is 8.78 Å². The number of halogens is 3. The van der Waals surface area contributed by atoms with Gasteiger partial charge in [-0.05, 0) is 42.5 Å². The van der Waals surface area contributed by atoms with Crippen molar-refractivity contribution in [2.24, 2.45) is 0 Å². The normalized spacial score (nSPS) is 11.7. The monoisotopic (exact) mass is 368 g/mol. The fraction of sp³-hybridized carbons (Fsp3) is 0.176. The van der Waals surface area contributed by atoms with Crippen molar-refractivity contribution >= 4 is 34.8 Å². The van der Waals surface area contributed by atoms with Gasteiger partial charge in [-0.15, -0.1) is 0 Å². The molecule has 2 aromatic rings. The summed E-state index contributed by atoms with van der Waals surface area (Å²) in [5.41, 5.74) is 0.491. The highest BCUT2D eigenvalue weighted by Gasteiger charge is 2.15. The minimum Gasteiger partial charge on any atom is -0.322 e. The summed E-state index contributed by atoms with van der Waals surface area (Å²) in [6.45, 7) is -0.00714. The van der Waals surface area contributed by atoms with E-state index < -0.39 is 17.5 Å². The molecule has 0 aliphatic heterocycles. The standard InChI is InChI=1S/C17H16ClF2N3O2/c1-23(9-16(24)21-13-5-3-12(19)4-6-13)10-17(25)22-15-7-2-11(18)8-14(15)20/h2-8H,9-10H2,1H3,(H,21,24)(H,22,25)/p+1. The molecule has 0 aliphatic carbocycles. The van der Waals surface area contributed by atoms with Crippen LogP contribution in [0.3, 0.4) is 0 Å². The quantitative estimate of drug-likeness (QED) is 0.727. The second-order valence-electron chi connectivity index (χ2n) is 5.54. The van der Waals surface area contributed by atoms with E-state index in [1.54, 1.807) is 7.05 Å². The number of carbonyl (C=O) groups excluding carboxylic acids is 2. The molecule has 2 aromatic carbocycles. The average molecular weight is 369 g/mol. The van der Waals surface area contributed by atoms with Crippen LogP contribution in [0.2, 0.25) is 5.02 Å². The summed E-state index contributed by atoms with van der Waals surface area (Å²) in [6, 6.07) is 9.29. The van der Waals surface area contributed by atoms with E-state index in [0.717, 1.165) is 6.07 Å². The molecule has 3 N–H and O–H groups in total. The predicted molar refractivity (Wildman–Crippen MR) is 91.7 cm³/mol. The molecule has 25 heavy (non-hydrogen) atoms. The Hall–Kier alpha value is -2.51. The van der Waals surface area contributed by atoms with E-state index in [9.17, 15) is 18.4 Å². The summed E-state index contributed by atoms with van der Waals surface area (Å²) in [7, 11) is 1.65. The first kappa shape index (κ1) is 18.8. The Morgan fingerprint density at radius 2 is 1.60 bits per heavy atom. The van der Waals surface area contributed by atoms with Gasteiger partial charge in [0.2, 0.25) is 0 Å². The van der Waals surface area contributed by atoms with Crippen molar-refractivity contribution in [2.75, 3.05) is 30.8 Å². The largest absolute Gasteiger partial charge is 0.322 e. The minimum atomic E-state index is -0.632. The summed E-state index contributed by atoms with van der Waals surface area (Å²) in [5.74, 6) is -1.79. The lowest BCUT2D eigenvalue weighted by molar-refractivity contribution is -0.862. The highest BCUT2D eigenvalue weighted by atomic mass is 35.5. The molecule has 0 bridgehead atoms. The van der Waals surface area contributed by atoms with Crippen LogP contribution >= 0.6 is 11.6 Å². The first-order valence-electron chi connectivity index (χ1n) is 7.45. The van der Waals surface area contributed by atoms with Crippen LogP contribution in [0.15, 0.2) is 42.5 Å². The van der Waals surface area contributed by atoms with Gasteiger partial charge in [-0.1, -0.05) is 11.6 Å². The smallest absolute Gasteiger partial charge is 0.279 e. The van der Waals surface area contributed by atoms with Crippen LogP contribution in [0.1, 0.15) is 0 Å². The van der Waals surface area contributed by atoms with E-state index in [1.165, 1.54) is 36.4 Å². The van der Waals surface area contributed by atoms with Gasteiger partial charge in [0, 0.05) is 10.7 Å². The van der Waals surface area contributed by atoms with Gasteiger partial charge in [-0.2, -0.15) is 0 Å². The maximum Gasteiger partial charge on any atom is 0.279 e. The number of likely N-dealkylation sites (N-methyl/N-ethyl adjacent to an activating group) is 1. The number of hydrogen-bond donors (Lipinski definition) is 3. The lowest BCUT2D eigenvalue weighted by Gasteiger charge is -2.14. The first-order chi connectivity index (χ1) is 11.8. The van der Waals surface area contributed by atoms with E-state index in [2.05, 4.69) is 10.6 Å². The fourth-order valence-electron chi connectivity index (χ4n) is 2.13. The van der Waals surface area contributed by atoms with Gasteiger partial charge >= 0.3 is 0 Å². The molecule has 0 fully saturated rings. The van der Waals surface area contributed by atoms with E-state index in [-0.39, 0.29) is 29.7 Å². The summed E-state index contributed by atoms with van der Waals surface area (Å²) >= 11 is 5.65. The second-order valence-corrected chi connectivity index (χ2v) is 5.97. The number of carbonyl (C=O) groups is 2. The van der Waals surface area contributed by atoms with Crippen molar-refractivity contribution < 1.29 is 23.3 Å². The lowest BCUT2D eigenvalue weighted by atomic mass is 10.3. The number of anilines is 2. The van der Waals surface area contributed by atoms with Crippen molar-refractivity contribution in [2.45, 2.75) is 0 Å². The van der Waals surface area contributed by atoms with E-state index in [1.807, 2.05) is 0 Å². The summed E-state index contributed by atoms with van der Waals surface area (Å²) in [5, 5.41) is 5.27. The molecule has 0 aromatic heterocycles. The number of benzene rings is 2. The Morgan fingerprint density at radius 1 is 1.00 bits per heavy atom. The molecule has 2 rings (SSSR count). The molecular formula is C17H17ClF2N3O2+. The zero-order valence-corrected chi connectivity index (χ0v) is 14.2. The first-order valence-corrected chi connectivity index (χ1v) is 7.83. The van der Waals surface area contributed by atoms with E-state index in [0.29, 0.717) is 10.6 Å². The number of quaternary nitrogens is 1. The van der Waals surface area contributed by atoms with Crippen molar-refractivity contribution in [1.29, 1.82) is 0 Å². The summed E-state index contributed by atoms with van der Waals surface area (Å²) in [6.07, 6.45) is 0. The number of hydrogen-bond acceptors (Lipinski definition) is 2. The van der Waals surface area contributed by atoms with Gasteiger partial charge in [-0.3, -0.25) is 9.59 Å². The maximum atomic E-state index is 13.6. The lowest BCUT2D eigenvalue weighted by Crippen LogP contribution is -3.11. The molecule has 0 saturated carbocycles. The second kappa shape index (κ2) is 8.55. The molecule has 0 spiro atoms. The van der Waals surface area contributed by atoms with Gasteiger partial charge in [0.05, 0.1) is 12.7 Å². The summed E-state index contributed by atoms with van der Waals surface area (Å²) in [4.78, 5) is 24.4. The van der Waals surface area contributed by atoms with Crippen molar-refractivity contribution in [3.8, 4) is 0 Å². The molecule has 2 amide bonds. The van der Waals surface area contributed by atoms with Gasteiger partial charge < -0.3 is 15.5 Å². The van der Waals surface area contributed by atoms with Crippen LogP contribution in [0.4, 0.5) is 20.2 Å². The molecule has 0 aliphatic rings. The topological polar surface area (TPSA) is 62.6 Å². The van der Waals surface area contributed by atoms with E-state index >= 15 is 0 Å².